The minimum Gasteiger partial charge on any atom is -0.396 e. The predicted octanol–water partition coefficient (Wildman–Crippen LogP) is 3.18. The van der Waals surface area contributed by atoms with Gasteiger partial charge in [-0.2, -0.15) is 5.10 Å². The van der Waals surface area contributed by atoms with Gasteiger partial charge < -0.3 is 11.1 Å². The Morgan fingerprint density at radius 2 is 1.96 bits per heavy atom. The number of carbonyl (C=O) groups is 1. The smallest absolute Gasteiger partial charge is 0.276 e. The van der Waals surface area contributed by atoms with Crippen LogP contribution in [0.25, 0.3) is 0 Å². The first-order valence-corrected chi connectivity index (χ1v) is 7.82. The number of unbranched alkanes of at least 4 members (excludes halogenated alkanes) is 1. The Morgan fingerprint density at radius 1 is 1.30 bits per heavy atom. The van der Waals surface area contributed by atoms with Crippen molar-refractivity contribution in [2.24, 2.45) is 0 Å². The van der Waals surface area contributed by atoms with E-state index in [0.717, 1.165) is 12.8 Å². The molecule has 1 aromatic carbocycles. The number of nitrogen functional groups attached to an aromatic ring is 1. The van der Waals surface area contributed by atoms with Gasteiger partial charge in [-0.25, -0.2) is 4.68 Å². The Morgan fingerprint density at radius 3 is 2.57 bits per heavy atom. The van der Waals surface area contributed by atoms with Crippen molar-refractivity contribution in [3.63, 3.8) is 0 Å². The second kappa shape index (κ2) is 7.48. The SMILES string of the molecule is CCCCn1nc(C(=O)Nc2cc(Cl)c(N)c(Cl)c2)ccc1=O. The highest BCUT2D eigenvalue weighted by atomic mass is 35.5. The Labute approximate surface area is 143 Å². The van der Waals surface area contributed by atoms with E-state index in [-0.39, 0.29) is 27.0 Å². The third-order valence-corrected chi connectivity index (χ3v) is 3.79. The molecule has 3 N–H and O–H groups in total. The molecule has 2 aromatic rings. The number of hydrogen-bond acceptors (Lipinski definition) is 4. The van der Waals surface area contributed by atoms with E-state index in [0.29, 0.717) is 12.2 Å². The lowest BCUT2D eigenvalue weighted by Crippen LogP contribution is -2.26. The Kier molecular flexibility index (Phi) is 5.63. The summed E-state index contributed by atoms with van der Waals surface area (Å²) in [6.45, 7) is 2.48. The average molecular weight is 355 g/mol. The zero-order valence-corrected chi connectivity index (χ0v) is 14.0. The molecule has 0 spiro atoms. The van der Waals surface area contributed by atoms with Crippen molar-refractivity contribution in [3.8, 4) is 0 Å². The van der Waals surface area contributed by atoms with E-state index in [1.165, 1.54) is 28.9 Å². The Bertz CT molecular complexity index is 766. The molecule has 6 nitrogen and oxygen atoms in total. The molecule has 0 radical (unpaired) electrons. The maximum absolute atomic E-state index is 12.3. The number of benzene rings is 1. The van der Waals surface area contributed by atoms with E-state index in [2.05, 4.69) is 10.4 Å². The number of carbonyl (C=O) groups excluding carboxylic acids is 1. The normalized spacial score (nSPS) is 10.6. The number of nitrogens with zero attached hydrogens (tertiary/aromatic N) is 2. The molecule has 1 aromatic heterocycles. The molecule has 0 unspecified atom stereocenters. The first-order valence-electron chi connectivity index (χ1n) is 7.06. The summed E-state index contributed by atoms with van der Waals surface area (Å²) in [5.74, 6) is -0.466. The summed E-state index contributed by atoms with van der Waals surface area (Å²) in [6, 6.07) is 5.68. The lowest BCUT2D eigenvalue weighted by molar-refractivity contribution is 0.102. The summed E-state index contributed by atoms with van der Waals surface area (Å²) in [6.07, 6.45) is 1.73. The predicted molar refractivity (Wildman–Crippen MR) is 92.2 cm³/mol. The van der Waals surface area contributed by atoms with Crippen LogP contribution in [0.4, 0.5) is 11.4 Å². The van der Waals surface area contributed by atoms with E-state index in [9.17, 15) is 9.59 Å². The van der Waals surface area contributed by atoms with Gasteiger partial charge in [-0.3, -0.25) is 9.59 Å². The minimum atomic E-state index is -0.466. The van der Waals surface area contributed by atoms with E-state index < -0.39 is 5.91 Å². The van der Waals surface area contributed by atoms with Gasteiger partial charge in [-0.15, -0.1) is 0 Å². The Hall–Kier alpha value is -2.05. The molecule has 0 saturated heterocycles. The summed E-state index contributed by atoms with van der Waals surface area (Å²) in [7, 11) is 0. The first kappa shape index (κ1) is 17.3. The monoisotopic (exact) mass is 354 g/mol. The summed E-state index contributed by atoms with van der Waals surface area (Å²) in [5, 5.41) is 7.19. The van der Waals surface area contributed by atoms with E-state index in [4.69, 9.17) is 28.9 Å². The second-order valence-corrected chi connectivity index (χ2v) is 5.76. The molecule has 122 valence electrons. The second-order valence-electron chi connectivity index (χ2n) is 4.94. The summed E-state index contributed by atoms with van der Waals surface area (Å²) < 4.78 is 1.28. The van der Waals surface area contributed by atoms with Crippen molar-refractivity contribution >= 4 is 40.5 Å². The highest BCUT2D eigenvalue weighted by Crippen LogP contribution is 2.31. The van der Waals surface area contributed by atoms with Gasteiger partial charge in [-0.1, -0.05) is 36.5 Å². The molecule has 0 fully saturated rings. The zero-order valence-electron chi connectivity index (χ0n) is 12.5. The van der Waals surface area contributed by atoms with Gasteiger partial charge in [0.1, 0.15) is 5.69 Å². The molecule has 0 atom stereocenters. The maximum atomic E-state index is 12.3. The van der Waals surface area contributed by atoms with Crippen LogP contribution in [-0.4, -0.2) is 15.7 Å². The van der Waals surface area contributed by atoms with Crippen LogP contribution in [0.2, 0.25) is 10.0 Å². The van der Waals surface area contributed by atoms with Gasteiger partial charge in [0.05, 0.1) is 15.7 Å². The van der Waals surface area contributed by atoms with Crippen molar-refractivity contribution in [3.05, 3.63) is 50.4 Å². The molecule has 23 heavy (non-hydrogen) atoms. The molecular weight excluding hydrogens is 339 g/mol. The zero-order chi connectivity index (χ0) is 17.0. The Balaban J connectivity index is 2.22. The molecule has 2 rings (SSSR count). The summed E-state index contributed by atoms with van der Waals surface area (Å²) in [5.41, 5.74) is 6.18. The standard InChI is InChI=1S/C15H16Cl2N4O2/c1-2-3-6-21-13(22)5-4-12(20-21)15(23)19-9-7-10(16)14(18)11(17)8-9/h4-5,7-8H,2-3,6,18H2,1H3,(H,19,23). The van der Waals surface area contributed by atoms with Crippen molar-refractivity contribution in [2.75, 3.05) is 11.1 Å². The van der Waals surface area contributed by atoms with Crippen molar-refractivity contribution in [2.45, 2.75) is 26.3 Å². The third-order valence-electron chi connectivity index (χ3n) is 3.16. The van der Waals surface area contributed by atoms with Crippen molar-refractivity contribution < 1.29 is 4.79 Å². The summed E-state index contributed by atoms with van der Waals surface area (Å²) in [4.78, 5) is 24.0. The van der Waals surface area contributed by atoms with Crippen LogP contribution in [0.1, 0.15) is 30.3 Å². The van der Waals surface area contributed by atoms with E-state index >= 15 is 0 Å². The molecule has 1 amide bonds. The largest absolute Gasteiger partial charge is 0.396 e. The number of aromatic nitrogens is 2. The first-order chi connectivity index (χ1) is 10.9. The fourth-order valence-corrected chi connectivity index (χ4v) is 2.38. The van der Waals surface area contributed by atoms with Crippen LogP contribution >= 0.6 is 23.2 Å². The number of nitrogens with two attached hydrogens (primary N) is 1. The summed E-state index contributed by atoms with van der Waals surface area (Å²) >= 11 is 11.9. The van der Waals surface area contributed by atoms with Crippen LogP contribution in [-0.2, 0) is 6.54 Å². The molecule has 0 bridgehead atoms. The number of anilines is 2. The lowest BCUT2D eigenvalue weighted by Gasteiger charge is -2.09. The van der Waals surface area contributed by atoms with Crippen LogP contribution < -0.4 is 16.6 Å². The highest BCUT2D eigenvalue weighted by Gasteiger charge is 2.12. The van der Waals surface area contributed by atoms with E-state index in [1.54, 1.807) is 0 Å². The van der Waals surface area contributed by atoms with Gasteiger partial charge in [0, 0.05) is 18.3 Å². The fourth-order valence-electron chi connectivity index (χ4n) is 1.89. The number of aryl methyl sites for hydroxylation is 1. The molecular formula is C15H16Cl2N4O2. The van der Waals surface area contributed by atoms with Gasteiger partial charge in [-0.05, 0) is 24.6 Å². The molecule has 1 heterocycles. The minimum absolute atomic E-state index is 0.129. The molecule has 0 saturated carbocycles. The number of rotatable bonds is 5. The quantitative estimate of drug-likeness (QED) is 0.806. The van der Waals surface area contributed by atoms with Gasteiger partial charge in [0.25, 0.3) is 11.5 Å². The van der Waals surface area contributed by atoms with Crippen LogP contribution in [0.15, 0.2) is 29.1 Å². The third kappa shape index (κ3) is 4.24. The maximum Gasteiger partial charge on any atom is 0.276 e. The van der Waals surface area contributed by atoms with E-state index in [1.807, 2.05) is 6.92 Å². The fraction of sp³-hybridized carbons (Fsp3) is 0.267. The number of nitrogens with one attached hydrogen (secondary N) is 1. The van der Waals surface area contributed by atoms with Crippen molar-refractivity contribution in [1.29, 1.82) is 0 Å². The number of hydrogen-bond donors (Lipinski definition) is 2. The van der Waals surface area contributed by atoms with Crippen LogP contribution in [0.5, 0.6) is 0 Å². The topological polar surface area (TPSA) is 90.0 Å². The molecule has 8 heteroatoms. The van der Waals surface area contributed by atoms with Gasteiger partial charge in [0.2, 0.25) is 0 Å². The number of halogens is 2. The molecule has 0 aliphatic carbocycles. The lowest BCUT2D eigenvalue weighted by atomic mass is 10.2. The van der Waals surface area contributed by atoms with Crippen molar-refractivity contribution in [1.82, 2.24) is 9.78 Å². The highest BCUT2D eigenvalue weighted by molar-refractivity contribution is 6.39. The van der Waals surface area contributed by atoms with Gasteiger partial charge >= 0.3 is 0 Å². The van der Waals surface area contributed by atoms with Crippen LogP contribution in [0, 0.1) is 0 Å². The molecule has 0 aliphatic heterocycles. The van der Waals surface area contributed by atoms with Gasteiger partial charge in [0.15, 0.2) is 0 Å². The van der Waals surface area contributed by atoms with Crippen LogP contribution in [0.3, 0.4) is 0 Å². The number of amides is 1. The molecule has 0 aliphatic rings. The average Bonchev–Trinajstić information content (AvgIpc) is 2.51.